The summed E-state index contributed by atoms with van der Waals surface area (Å²) in [5.74, 6) is 5.88. The molecule has 0 heteroatoms. The van der Waals surface area contributed by atoms with E-state index in [0.717, 1.165) is 35.5 Å². The third-order valence-corrected chi connectivity index (χ3v) is 10.1. The van der Waals surface area contributed by atoms with Crippen LogP contribution in [0.15, 0.2) is 11.6 Å². The Morgan fingerprint density at radius 1 is 1.00 bits per heavy atom. The van der Waals surface area contributed by atoms with Crippen LogP contribution in [0.2, 0.25) is 0 Å². The van der Waals surface area contributed by atoms with Crippen LogP contribution in [0, 0.1) is 46.3 Å². The maximum absolute atomic E-state index is 2.75. The van der Waals surface area contributed by atoms with E-state index < -0.39 is 0 Å². The van der Waals surface area contributed by atoms with E-state index in [1.165, 1.54) is 70.6 Å². The summed E-state index contributed by atoms with van der Waals surface area (Å²) < 4.78 is 0. The summed E-state index contributed by atoms with van der Waals surface area (Å²) in [6, 6.07) is 0. The molecule has 0 N–H and O–H groups in total. The second kappa shape index (κ2) is 8.47. The molecule has 7 atom stereocenters. The van der Waals surface area contributed by atoms with Crippen molar-refractivity contribution < 1.29 is 0 Å². The van der Waals surface area contributed by atoms with Gasteiger partial charge in [-0.1, -0.05) is 73.0 Å². The highest BCUT2D eigenvalue weighted by molar-refractivity contribution is 5.24. The summed E-state index contributed by atoms with van der Waals surface area (Å²) in [7, 11) is 0. The van der Waals surface area contributed by atoms with Crippen LogP contribution in [0.1, 0.15) is 119 Å². The Morgan fingerprint density at radius 2 is 1.79 bits per heavy atom. The first kappa shape index (κ1) is 22.4. The van der Waals surface area contributed by atoms with Gasteiger partial charge in [-0.3, -0.25) is 0 Å². The minimum Gasteiger partial charge on any atom is -0.0845 e. The number of rotatable bonds is 5. The van der Waals surface area contributed by atoms with Crippen LogP contribution in [0.4, 0.5) is 0 Å². The first-order chi connectivity index (χ1) is 12.8. The molecule has 0 amide bonds. The van der Waals surface area contributed by atoms with Gasteiger partial charge in [-0.25, -0.2) is 0 Å². The van der Waals surface area contributed by atoms with Crippen molar-refractivity contribution in [1.29, 1.82) is 0 Å². The third-order valence-electron chi connectivity index (χ3n) is 10.1. The molecule has 4 aliphatic carbocycles. The predicted octanol–water partition coefficient (Wildman–Crippen LogP) is 9.05. The van der Waals surface area contributed by atoms with Crippen molar-refractivity contribution in [3.05, 3.63) is 11.6 Å². The average molecular weight is 387 g/mol. The van der Waals surface area contributed by atoms with E-state index in [0.29, 0.717) is 10.8 Å². The van der Waals surface area contributed by atoms with Crippen molar-refractivity contribution in [3.63, 3.8) is 0 Å². The Morgan fingerprint density at radius 3 is 2.54 bits per heavy atom. The van der Waals surface area contributed by atoms with Crippen molar-refractivity contribution in [3.8, 4) is 0 Å². The van der Waals surface area contributed by atoms with Gasteiger partial charge in [0.1, 0.15) is 0 Å². The summed E-state index contributed by atoms with van der Waals surface area (Å²) in [5.41, 5.74) is 3.10. The maximum Gasteiger partial charge on any atom is -0.00851 e. The number of unbranched alkanes of at least 4 members (excludes halogenated alkanes) is 1. The van der Waals surface area contributed by atoms with Crippen molar-refractivity contribution in [2.24, 2.45) is 46.3 Å². The highest BCUT2D eigenvalue weighted by Gasteiger charge is 2.58. The monoisotopic (exact) mass is 386 g/mol. The van der Waals surface area contributed by atoms with E-state index in [2.05, 4.69) is 40.7 Å². The Labute approximate surface area is 177 Å². The van der Waals surface area contributed by atoms with Crippen molar-refractivity contribution in [2.75, 3.05) is 0 Å². The number of fused-ring (bicyclic) bond motifs is 5. The van der Waals surface area contributed by atoms with Crippen LogP contribution >= 0.6 is 0 Å². The number of allylic oxidation sites excluding steroid dienone is 2. The lowest BCUT2D eigenvalue weighted by Crippen LogP contribution is -2.49. The van der Waals surface area contributed by atoms with E-state index in [1.807, 2.05) is 5.57 Å². The quantitative estimate of drug-likeness (QED) is 0.326. The number of hydrogen-bond donors (Lipinski definition) is 0. The van der Waals surface area contributed by atoms with Crippen molar-refractivity contribution in [2.45, 2.75) is 119 Å². The largest absolute Gasteiger partial charge is 0.0845 e. The summed E-state index contributed by atoms with van der Waals surface area (Å²) in [6.45, 7) is 12.6. The molecule has 0 heterocycles. The van der Waals surface area contributed by atoms with Gasteiger partial charge in [0, 0.05) is 0 Å². The summed E-state index contributed by atoms with van der Waals surface area (Å²) in [5, 5.41) is 0. The molecule has 5 unspecified atom stereocenters. The SMILES string of the molecule is C.CC(C)CCCCC1CCC2C3CC=C4CC(C)CC[C@]4(C)C3CC[C@]12C. The van der Waals surface area contributed by atoms with Crippen LogP contribution in [0.5, 0.6) is 0 Å². The van der Waals surface area contributed by atoms with E-state index in [-0.39, 0.29) is 7.43 Å². The predicted molar refractivity (Wildman–Crippen MR) is 124 cm³/mol. The Balaban J connectivity index is 0.00000225. The molecule has 0 nitrogen and oxygen atoms in total. The molecule has 0 aromatic rings. The lowest BCUT2D eigenvalue weighted by molar-refractivity contribution is -0.0450. The normalized spacial score (nSPS) is 44.9. The first-order valence-corrected chi connectivity index (χ1v) is 12.5. The van der Waals surface area contributed by atoms with Crippen molar-refractivity contribution >= 4 is 0 Å². The van der Waals surface area contributed by atoms with Crippen molar-refractivity contribution in [1.82, 2.24) is 0 Å². The smallest absolute Gasteiger partial charge is 0.00851 e. The molecule has 3 saturated carbocycles. The van der Waals surface area contributed by atoms with Gasteiger partial charge in [-0.05, 0) is 104 Å². The van der Waals surface area contributed by atoms with Crippen LogP contribution in [0.25, 0.3) is 0 Å². The fraction of sp³-hybridized carbons (Fsp3) is 0.929. The van der Waals surface area contributed by atoms with Crippen LogP contribution in [0.3, 0.4) is 0 Å². The van der Waals surface area contributed by atoms with Gasteiger partial charge in [-0.15, -0.1) is 0 Å². The molecule has 0 aromatic carbocycles. The molecule has 28 heavy (non-hydrogen) atoms. The molecule has 0 bridgehead atoms. The fourth-order valence-electron chi connectivity index (χ4n) is 8.37. The molecule has 162 valence electrons. The van der Waals surface area contributed by atoms with Gasteiger partial charge >= 0.3 is 0 Å². The summed E-state index contributed by atoms with van der Waals surface area (Å²) in [4.78, 5) is 0. The van der Waals surface area contributed by atoms with Gasteiger partial charge in [0.25, 0.3) is 0 Å². The van der Waals surface area contributed by atoms with Crippen LogP contribution in [-0.2, 0) is 0 Å². The molecule has 0 spiro atoms. The molecule has 3 fully saturated rings. The zero-order chi connectivity index (χ0) is 19.2. The molecular weight excluding hydrogens is 336 g/mol. The molecule has 4 rings (SSSR count). The Bertz CT molecular complexity index is 556. The third kappa shape index (κ3) is 3.76. The average Bonchev–Trinajstić information content (AvgIpc) is 2.96. The highest BCUT2D eigenvalue weighted by Crippen LogP contribution is 2.67. The highest BCUT2D eigenvalue weighted by atomic mass is 14.6. The first-order valence-electron chi connectivity index (χ1n) is 12.5. The zero-order valence-corrected chi connectivity index (χ0v) is 19.0. The Kier molecular flexibility index (Phi) is 6.78. The topological polar surface area (TPSA) is 0 Å². The number of hydrogen-bond acceptors (Lipinski definition) is 0. The maximum atomic E-state index is 2.75. The molecule has 4 aliphatic rings. The minimum absolute atomic E-state index is 0. The van der Waals surface area contributed by atoms with Gasteiger partial charge in [0.15, 0.2) is 0 Å². The van der Waals surface area contributed by atoms with E-state index >= 15 is 0 Å². The van der Waals surface area contributed by atoms with Gasteiger partial charge in [0.2, 0.25) is 0 Å². The van der Waals surface area contributed by atoms with E-state index in [4.69, 9.17) is 0 Å². The Hall–Kier alpha value is -0.260. The molecule has 0 saturated heterocycles. The standard InChI is InChI=1S/C27H46.CH4/c1-19(2)8-6-7-9-21-11-13-24-23-12-10-22-18-20(3)14-16-27(22,5)25(23)15-17-26(21,24)4;/h10,19-21,23-25H,6-9,11-18H2,1-5H3;1H4/t20?,21?,23?,24?,25?,26-,27+;/m1./s1. The molecule has 0 radical (unpaired) electrons. The minimum atomic E-state index is 0. The lowest BCUT2D eigenvalue weighted by Gasteiger charge is -2.58. The summed E-state index contributed by atoms with van der Waals surface area (Å²) in [6.07, 6.45) is 20.6. The van der Waals surface area contributed by atoms with E-state index in [9.17, 15) is 0 Å². The van der Waals surface area contributed by atoms with Gasteiger partial charge in [0.05, 0.1) is 0 Å². The van der Waals surface area contributed by atoms with Gasteiger partial charge in [-0.2, -0.15) is 0 Å². The van der Waals surface area contributed by atoms with Crippen LogP contribution in [-0.4, -0.2) is 0 Å². The van der Waals surface area contributed by atoms with Gasteiger partial charge < -0.3 is 0 Å². The second-order valence-electron chi connectivity index (χ2n) is 12.1. The van der Waals surface area contributed by atoms with E-state index in [1.54, 1.807) is 6.42 Å². The second-order valence-corrected chi connectivity index (χ2v) is 12.1. The summed E-state index contributed by atoms with van der Waals surface area (Å²) >= 11 is 0. The molecule has 0 aromatic heterocycles. The molecule has 0 aliphatic heterocycles. The zero-order valence-electron chi connectivity index (χ0n) is 19.0. The lowest BCUT2D eigenvalue weighted by atomic mass is 9.47. The fourth-order valence-corrected chi connectivity index (χ4v) is 8.37. The van der Waals surface area contributed by atoms with Crippen LogP contribution < -0.4 is 0 Å². The molecular formula is C28H50.